The summed E-state index contributed by atoms with van der Waals surface area (Å²) < 4.78 is 5.72. The molecule has 16 heavy (non-hydrogen) atoms. The summed E-state index contributed by atoms with van der Waals surface area (Å²) in [5.74, 6) is 0.976. The molecule has 0 saturated heterocycles. The molecule has 0 amide bonds. The Hall–Kier alpha value is -1.28. The fraction of sp³-hybridized carbons (Fsp3) is 0.429. The summed E-state index contributed by atoms with van der Waals surface area (Å²) in [6.45, 7) is 5.00. The van der Waals surface area contributed by atoms with Crippen molar-refractivity contribution >= 4 is 0 Å². The molecule has 2 nitrogen and oxygen atoms in total. The predicted molar refractivity (Wildman–Crippen MR) is 66.9 cm³/mol. The molecule has 0 fully saturated rings. The van der Waals surface area contributed by atoms with Gasteiger partial charge in [-0.15, -0.1) is 0 Å². The summed E-state index contributed by atoms with van der Waals surface area (Å²) in [7, 11) is 0. The normalized spacial score (nSPS) is 15.7. The lowest BCUT2D eigenvalue weighted by Gasteiger charge is -2.14. The summed E-state index contributed by atoms with van der Waals surface area (Å²) in [6, 6.07) is 8.21. The van der Waals surface area contributed by atoms with E-state index in [1.165, 1.54) is 11.1 Å². The summed E-state index contributed by atoms with van der Waals surface area (Å²) in [5.41, 5.74) is 2.72. The van der Waals surface area contributed by atoms with E-state index in [4.69, 9.17) is 4.74 Å². The van der Waals surface area contributed by atoms with E-state index in [-0.39, 0.29) is 0 Å². The van der Waals surface area contributed by atoms with E-state index in [9.17, 15) is 0 Å². The van der Waals surface area contributed by atoms with Crippen LogP contribution >= 0.6 is 0 Å². The monoisotopic (exact) mass is 217 g/mol. The molecule has 1 aromatic carbocycles. The fourth-order valence-electron chi connectivity index (χ4n) is 1.90. The van der Waals surface area contributed by atoms with Crippen molar-refractivity contribution in [3.63, 3.8) is 0 Å². The third-order valence-corrected chi connectivity index (χ3v) is 2.79. The molecule has 0 saturated carbocycles. The zero-order chi connectivity index (χ0) is 11.2. The minimum absolute atomic E-state index is 0.775. The van der Waals surface area contributed by atoms with Gasteiger partial charge in [0.05, 0.1) is 6.61 Å². The predicted octanol–water partition coefficient (Wildman–Crippen LogP) is 2.68. The summed E-state index contributed by atoms with van der Waals surface area (Å²) >= 11 is 0. The highest BCUT2D eigenvalue weighted by atomic mass is 16.5. The minimum Gasteiger partial charge on any atom is -0.493 e. The van der Waals surface area contributed by atoms with Crippen LogP contribution in [-0.2, 0) is 0 Å². The molecule has 1 N–H and O–H groups in total. The highest BCUT2D eigenvalue weighted by Gasteiger charge is 2.02. The first-order valence-electron chi connectivity index (χ1n) is 5.93. The second-order valence-corrected chi connectivity index (χ2v) is 4.24. The first-order chi connectivity index (χ1) is 7.84. The number of ether oxygens (including phenoxy) is 1. The molecule has 1 aromatic rings. The smallest absolute Gasteiger partial charge is 0.119 e. The van der Waals surface area contributed by atoms with Crippen LogP contribution in [0.3, 0.4) is 0 Å². The minimum atomic E-state index is 0.775. The Morgan fingerprint density at radius 2 is 2.31 bits per heavy atom. The quantitative estimate of drug-likeness (QED) is 0.783. The third kappa shape index (κ3) is 3.38. The molecule has 2 rings (SSSR count). The van der Waals surface area contributed by atoms with Crippen molar-refractivity contribution in [3.8, 4) is 5.75 Å². The number of hydrogen-bond acceptors (Lipinski definition) is 2. The van der Waals surface area contributed by atoms with Gasteiger partial charge in [0.15, 0.2) is 0 Å². The molecular weight excluding hydrogens is 198 g/mol. The van der Waals surface area contributed by atoms with Gasteiger partial charge < -0.3 is 10.1 Å². The molecule has 0 aromatic heterocycles. The average Bonchev–Trinajstić information content (AvgIpc) is 2.30. The van der Waals surface area contributed by atoms with E-state index in [0.717, 1.165) is 38.3 Å². The van der Waals surface area contributed by atoms with E-state index in [1.54, 1.807) is 0 Å². The molecular formula is C14H19NO. The maximum absolute atomic E-state index is 5.72. The Kier molecular flexibility index (Phi) is 4.00. The van der Waals surface area contributed by atoms with Gasteiger partial charge in [0, 0.05) is 13.0 Å². The molecule has 2 heteroatoms. The van der Waals surface area contributed by atoms with Crippen molar-refractivity contribution in [2.45, 2.75) is 19.8 Å². The van der Waals surface area contributed by atoms with Crippen LogP contribution in [0.5, 0.6) is 5.75 Å². The fourth-order valence-corrected chi connectivity index (χ4v) is 1.90. The lowest BCUT2D eigenvalue weighted by Crippen LogP contribution is -2.23. The standard InChI is InChI=1S/C14H19NO/c1-12-4-2-6-14(10-12)16-9-7-13-5-3-8-15-11-13/h2,4-6,10,15H,3,7-9,11H2,1H3. The molecule has 1 aliphatic heterocycles. The lowest BCUT2D eigenvalue weighted by atomic mass is 10.1. The van der Waals surface area contributed by atoms with E-state index >= 15 is 0 Å². The molecule has 0 spiro atoms. The lowest BCUT2D eigenvalue weighted by molar-refractivity contribution is 0.319. The van der Waals surface area contributed by atoms with Gasteiger partial charge in [0.25, 0.3) is 0 Å². The van der Waals surface area contributed by atoms with Crippen molar-refractivity contribution in [2.24, 2.45) is 0 Å². The highest BCUT2D eigenvalue weighted by Crippen LogP contribution is 2.14. The highest BCUT2D eigenvalue weighted by molar-refractivity contribution is 5.27. The van der Waals surface area contributed by atoms with Crippen molar-refractivity contribution in [1.82, 2.24) is 5.32 Å². The van der Waals surface area contributed by atoms with Crippen LogP contribution in [0, 0.1) is 6.92 Å². The van der Waals surface area contributed by atoms with Crippen LogP contribution in [0.2, 0.25) is 0 Å². The van der Waals surface area contributed by atoms with Gasteiger partial charge >= 0.3 is 0 Å². The Morgan fingerprint density at radius 1 is 1.38 bits per heavy atom. The summed E-state index contributed by atoms with van der Waals surface area (Å²) in [4.78, 5) is 0. The van der Waals surface area contributed by atoms with Crippen molar-refractivity contribution in [1.29, 1.82) is 0 Å². The van der Waals surface area contributed by atoms with Gasteiger partial charge in [-0.05, 0) is 37.6 Å². The zero-order valence-corrected chi connectivity index (χ0v) is 9.83. The maximum Gasteiger partial charge on any atom is 0.119 e. The van der Waals surface area contributed by atoms with E-state index < -0.39 is 0 Å². The first kappa shape index (κ1) is 11.2. The number of benzene rings is 1. The second kappa shape index (κ2) is 5.71. The van der Waals surface area contributed by atoms with E-state index in [1.807, 2.05) is 12.1 Å². The van der Waals surface area contributed by atoms with Crippen LogP contribution in [0.25, 0.3) is 0 Å². The molecule has 86 valence electrons. The Morgan fingerprint density at radius 3 is 3.06 bits per heavy atom. The molecule has 1 aliphatic rings. The van der Waals surface area contributed by atoms with Gasteiger partial charge in [0.1, 0.15) is 5.75 Å². The number of aryl methyl sites for hydroxylation is 1. The topological polar surface area (TPSA) is 21.3 Å². The van der Waals surface area contributed by atoms with Gasteiger partial charge in [-0.1, -0.05) is 23.8 Å². The SMILES string of the molecule is Cc1cccc(OCCC2=CCCNC2)c1. The van der Waals surface area contributed by atoms with E-state index in [0.29, 0.717) is 0 Å². The molecule has 0 bridgehead atoms. The number of rotatable bonds is 4. The van der Waals surface area contributed by atoms with Crippen LogP contribution < -0.4 is 10.1 Å². The van der Waals surface area contributed by atoms with Crippen LogP contribution in [-0.4, -0.2) is 19.7 Å². The van der Waals surface area contributed by atoms with Crippen LogP contribution in [0.15, 0.2) is 35.9 Å². The molecule has 0 radical (unpaired) electrons. The van der Waals surface area contributed by atoms with Crippen molar-refractivity contribution in [2.75, 3.05) is 19.7 Å². The third-order valence-electron chi connectivity index (χ3n) is 2.79. The van der Waals surface area contributed by atoms with Crippen molar-refractivity contribution in [3.05, 3.63) is 41.5 Å². The largest absolute Gasteiger partial charge is 0.493 e. The Balaban J connectivity index is 1.77. The Bertz CT molecular complexity index is 371. The Labute approximate surface area is 97.3 Å². The molecule has 1 heterocycles. The maximum atomic E-state index is 5.72. The van der Waals surface area contributed by atoms with Crippen LogP contribution in [0.4, 0.5) is 0 Å². The average molecular weight is 217 g/mol. The number of nitrogens with one attached hydrogen (secondary N) is 1. The summed E-state index contributed by atoms with van der Waals surface area (Å²) in [5, 5.41) is 3.37. The molecule has 0 atom stereocenters. The van der Waals surface area contributed by atoms with Crippen molar-refractivity contribution < 1.29 is 4.74 Å². The summed E-state index contributed by atoms with van der Waals surface area (Å²) in [6.07, 6.45) is 4.51. The van der Waals surface area contributed by atoms with Gasteiger partial charge in [0.2, 0.25) is 0 Å². The van der Waals surface area contributed by atoms with Crippen LogP contribution in [0.1, 0.15) is 18.4 Å². The first-order valence-corrected chi connectivity index (χ1v) is 5.93. The van der Waals surface area contributed by atoms with Gasteiger partial charge in [-0.25, -0.2) is 0 Å². The van der Waals surface area contributed by atoms with Gasteiger partial charge in [-0.2, -0.15) is 0 Å². The number of hydrogen-bond donors (Lipinski definition) is 1. The molecule has 0 aliphatic carbocycles. The zero-order valence-electron chi connectivity index (χ0n) is 9.83. The second-order valence-electron chi connectivity index (χ2n) is 4.24. The van der Waals surface area contributed by atoms with E-state index in [2.05, 4.69) is 30.4 Å². The molecule has 0 unspecified atom stereocenters. The van der Waals surface area contributed by atoms with Gasteiger partial charge in [-0.3, -0.25) is 0 Å².